The van der Waals surface area contributed by atoms with Gasteiger partial charge in [-0.05, 0) is 44.2 Å². The number of carbonyl (C=O) groups is 1. The first-order valence-corrected chi connectivity index (χ1v) is 19.6. The number of ether oxygens (including phenoxy) is 2. The van der Waals surface area contributed by atoms with Crippen LogP contribution in [0, 0.1) is 23.0 Å². The average molecular weight is 789 g/mol. The van der Waals surface area contributed by atoms with Gasteiger partial charge in [0.1, 0.15) is 35.6 Å². The van der Waals surface area contributed by atoms with Crippen molar-refractivity contribution < 1.29 is 27.4 Å². The highest BCUT2D eigenvalue weighted by molar-refractivity contribution is 6.36. The summed E-state index contributed by atoms with van der Waals surface area (Å²) in [5.41, 5.74) is -0.353. The maximum Gasteiger partial charge on any atom is 0.319 e. The summed E-state index contributed by atoms with van der Waals surface area (Å²) in [6.07, 6.45) is 7.19. The molecule has 0 N–H and O–H groups in total. The number of methoxy groups -OCH3 is 1. The number of aromatic nitrogens is 3. The van der Waals surface area contributed by atoms with Gasteiger partial charge in [0.2, 0.25) is 5.91 Å². The van der Waals surface area contributed by atoms with Gasteiger partial charge in [-0.3, -0.25) is 19.6 Å². The van der Waals surface area contributed by atoms with Crippen molar-refractivity contribution >= 4 is 45.0 Å². The number of fused-ring (bicyclic) bond motifs is 3. The molecule has 11 nitrogen and oxygen atoms in total. The highest BCUT2D eigenvalue weighted by Crippen LogP contribution is 2.42. The largest absolute Gasteiger partial charge is 0.461 e. The number of nitriles is 1. The summed E-state index contributed by atoms with van der Waals surface area (Å²) in [7, 11) is 1.71. The van der Waals surface area contributed by atoms with Gasteiger partial charge >= 0.3 is 6.01 Å². The topological polar surface area (TPSA) is 111 Å². The number of alkyl halides is 1. The molecule has 8 rings (SSSR count). The van der Waals surface area contributed by atoms with Crippen LogP contribution in [0.2, 0.25) is 5.02 Å². The summed E-state index contributed by atoms with van der Waals surface area (Å²) in [6, 6.07) is 9.63. The Balaban J connectivity index is 1.13. The third kappa shape index (κ3) is 7.15. The fourth-order valence-electron chi connectivity index (χ4n) is 9.04. The van der Waals surface area contributed by atoms with E-state index < -0.39 is 29.4 Å². The number of carbonyl (C=O) groups excluding carboxylic acids is 1. The standard InChI is InChI=1S/C41H44ClF3N8O3/c1-25(50-16-12-29(23-50)55-2)7-10-33(54)53-18-17-51(22-28(53)11-14-46)39-31-20-47-37(30-6-3-5-26-8-9-32(44)35(42)34(26)30)36(45)38(31)48-40(49-39)56-24-41-13-4-15-52(41)21-27(43)19-41/h3,5-10,20,25,27-29H,4,11-13,15-19,21-24H2,1-2H3/b10-7+/t25-,27-,28+,29+,41+/m1/s1. The van der Waals surface area contributed by atoms with Gasteiger partial charge < -0.3 is 19.3 Å². The van der Waals surface area contributed by atoms with Crippen LogP contribution in [0.3, 0.4) is 0 Å². The molecule has 4 aliphatic rings. The number of benzene rings is 2. The molecule has 294 valence electrons. The Morgan fingerprint density at radius 1 is 1.14 bits per heavy atom. The lowest BCUT2D eigenvalue weighted by Gasteiger charge is -2.41. The number of amides is 1. The lowest BCUT2D eigenvalue weighted by atomic mass is 9.95. The summed E-state index contributed by atoms with van der Waals surface area (Å²) >= 11 is 6.44. The minimum absolute atomic E-state index is 0.0349. The molecule has 0 spiro atoms. The van der Waals surface area contributed by atoms with E-state index in [2.05, 4.69) is 25.8 Å². The van der Waals surface area contributed by atoms with Crippen LogP contribution in [0.1, 0.15) is 39.0 Å². The fraction of sp³-hybridized carbons (Fsp3) is 0.488. The van der Waals surface area contributed by atoms with E-state index in [4.69, 9.17) is 26.1 Å². The van der Waals surface area contributed by atoms with Crippen molar-refractivity contribution in [3.63, 3.8) is 0 Å². The molecule has 0 saturated carbocycles. The molecule has 4 fully saturated rings. The maximum absolute atomic E-state index is 17.0. The minimum Gasteiger partial charge on any atom is -0.461 e. The molecule has 0 unspecified atom stereocenters. The monoisotopic (exact) mass is 788 g/mol. The minimum atomic E-state index is -0.965. The van der Waals surface area contributed by atoms with Crippen molar-refractivity contribution in [1.82, 2.24) is 29.7 Å². The van der Waals surface area contributed by atoms with E-state index in [1.54, 1.807) is 42.4 Å². The molecular formula is C41H44ClF3N8O3. The first-order valence-electron chi connectivity index (χ1n) is 19.2. The second kappa shape index (κ2) is 15.8. The van der Waals surface area contributed by atoms with Crippen LogP contribution in [-0.2, 0) is 9.53 Å². The Morgan fingerprint density at radius 2 is 2.00 bits per heavy atom. The predicted molar refractivity (Wildman–Crippen MR) is 207 cm³/mol. The number of hydrogen-bond donors (Lipinski definition) is 0. The van der Waals surface area contributed by atoms with Crippen molar-refractivity contribution in [3.05, 3.63) is 65.3 Å². The van der Waals surface area contributed by atoms with Crippen molar-refractivity contribution in [1.29, 1.82) is 5.26 Å². The summed E-state index contributed by atoms with van der Waals surface area (Å²) in [6.45, 7) is 5.81. The van der Waals surface area contributed by atoms with E-state index in [-0.39, 0.29) is 66.4 Å². The quantitative estimate of drug-likeness (QED) is 0.169. The molecule has 4 saturated heterocycles. The number of anilines is 1. The molecule has 1 amide bonds. The van der Waals surface area contributed by atoms with Gasteiger partial charge in [-0.25, -0.2) is 13.2 Å². The van der Waals surface area contributed by atoms with E-state index in [1.807, 2.05) is 17.9 Å². The number of hydrogen-bond acceptors (Lipinski definition) is 10. The van der Waals surface area contributed by atoms with Crippen LogP contribution in [-0.4, -0.2) is 125 Å². The molecule has 56 heavy (non-hydrogen) atoms. The summed E-state index contributed by atoms with van der Waals surface area (Å²) < 4.78 is 58.1. The highest BCUT2D eigenvalue weighted by Gasteiger charge is 2.49. The number of rotatable bonds is 10. The van der Waals surface area contributed by atoms with Gasteiger partial charge in [-0.1, -0.05) is 41.9 Å². The Hall–Kier alpha value is -4.55. The SMILES string of the molecule is CO[C@H]1CCN([C@H](C)/C=C/C(=O)N2CCN(c3nc(OC[C@@]45CCCN4C[C@H](F)C5)nc4c(F)c(-c5cccc6ccc(F)c(Cl)c56)ncc34)C[C@@H]2CC#N)C1. The number of pyridine rings is 1. The van der Waals surface area contributed by atoms with E-state index in [0.717, 1.165) is 38.9 Å². The summed E-state index contributed by atoms with van der Waals surface area (Å²) in [5, 5.41) is 10.9. The van der Waals surface area contributed by atoms with Crippen molar-refractivity contribution in [2.75, 3.05) is 64.4 Å². The van der Waals surface area contributed by atoms with Crippen molar-refractivity contribution in [3.8, 4) is 23.3 Å². The normalized spacial score (nSPS) is 25.1. The van der Waals surface area contributed by atoms with Gasteiger partial charge in [0, 0.05) is 82.1 Å². The molecule has 0 radical (unpaired) electrons. The highest BCUT2D eigenvalue weighted by atomic mass is 35.5. The smallest absolute Gasteiger partial charge is 0.319 e. The maximum atomic E-state index is 17.0. The molecule has 0 bridgehead atoms. The van der Waals surface area contributed by atoms with Crippen LogP contribution in [0.25, 0.3) is 32.9 Å². The Morgan fingerprint density at radius 3 is 2.80 bits per heavy atom. The van der Waals surface area contributed by atoms with Gasteiger partial charge in [0.25, 0.3) is 0 Å². The van der Waals surface area contributed by atoms with Gasteiger partial charge in [-0.15, -0.1) is 0 Å². The zero-order valence-electron chi connectivity index (χ0n) is 31.4. The third-order valence-electron chi connectivity index (χ3n) is 12.1. The molecule has 5 atom stereocenters. The molecular weight excluding hydrogens is 745 g/mol. The predicted octanol–water partition coefficient (Wildman–Crippen LogP) is 6.33. The number of likely N-dealkylation sites (tertiary alicyclic amines) is 1. The van der Waals surface area contributed by atoms with Gasteiger partial charge in [0.15, 0.2) is 5.82 Å². The number of halogens is 4. The summed E-state index contributed by atoms with van der Waals surface area (Å²) in [5.74, 6) is -1.27. The van der Waals surface area contributed by atoms with Crippen LogP contribution in [0.4, 0.5) is 19.0 Å². The molecule has 2 aromatic heterocycles. The van der Waals surface area contributed by atoms with Crippen molar-refractivity contribution in [2.24, 2.45) is 0 Å². The van der Waals surface area contributed by atoms with Gasteiger partial charge in [-0.2, -0.15) is 15.2 Å². The second-order valence-electron chi connectivity index (χ2n) is 15.4. The van der Waals surface area contributed by atoms with Crippen LogP contribution < -0.4 is 9.64 Å². The van der Waals surface area contributed by atoms with Crippen LogP contribution >= 0.6 is 11.6 Å². The third-order valence-corrected chi connectivity index (χ3v) is 12.4. The van der Waals surface area contributed by atoms with E-state index in [9.17, 15) is 18.8 Å². The molecule has 15 heteroatoms. The lowest BCUT2D eigenvalue weighted by molar-refractivity contribution is -0.128. The first-order chi connectivity index (χ1) is 27.1. The molecule has 4 aromatic rings. The van der Waals surface area contributed by atoms with Crippen LogP contribution in [0.5, 0.6) is 6.01 Å². The first kappa shape index (κ1) is 38.3. The average Bonchev–Trinajstić information content (AvgIpc) is 3.92. The Bertz CT molecular complexity index is 2220. The zero-order chi connectivity index (χ0) is 39.1. The number of piperazine rings is 1. The molecule has 4 aliphatic heterocycles. The fourth-order valence-corrected chi connectivity index (χ4v) is 9.32. The van der Waals surface area contributed by atoms with Crippen molar-refractivity contribution in [2.45, 2.75) is 68.9 Å². The Kier molecular flexibility index (Phi) is 10.8. The number of nitrogens with zero attached hydrogens (tertiary/aromatic N) is 8. The Labute approximate surface area is 328 Å². The zero-order valence-corrected chi connectivity index (χ0v) is 32.2. The molecule has 6 heterocycles. The molecule has 2 aromatic carbocycles. The van der Waals surface area contributed by atoms with E-state index in [1.165, 1.54) is 12.3 Å². The lowest BCUT2D eigenvalue weighted by Crippen LogP contribution is -2.55. The van der Waals surface area contributed by atoms with E-state index in [0.29, 0.717) is 47.1 Å². The molecule has 0 aliphatic carbocycles. The second-order valence-corrected chi connectivity index (χ2v) is 15.8. The van der Waals surface area contributed by atoms with Crippen LogP contribution in [0.15, 0.2) is 48.7 Å². The van der Waals surface area contributed by atoms with Gasteiger partial charge in [0.05, 0.1) is 40.6 Å². The van der Waals surface area contributed by atoms with E-state index >= 15 is 4.39 Å². The summed E-state index contributed by atoms with van der Waals surface area (Å²) in [4.78, 5) is 35.5.